The Hall–Kier alpha value is -2.36. The molecule has 0 aliphatic carbocycles. The summed E-state index contributed by atoms with van der Waals surface area (Å²) in [6.07, 6.45) is -3.52. The lowest BCUT2D eigenvalue weighted by Gasteiger charge is -2.09. The number of hydrogen-bond donors (Lipinski definition) is 2. The van der Waals surface area contributed by atoms with Gasteiger partial charge in [-0.05, 0) is 36.5 Å². The molecule has 1 aromatic carbocycles. The maximum Gasteiger partial charge on any atom is 0.573 e. The maximum absolute atomic E-state index is 12.0. The summed E-state index contributed by atoms with van der Waals surface area (Å²) in [6, 6.07) is 4.47. The van der Waals surface area contributed by atoms with Crippen molar-refractivity contribution in [2.45, 2.75) is 6.36 Å². The van der Waals surface area contributed by atoms with Crippen molar-refractivity contribution < 1.29 is 22.7 Å². The Morgan fingerprint density at radius 3 is 2.50 bits per heavy atom. The molecule has 2 aromatic rings. The number of amides is 1. The number of nitrogens with one attached hydrogen (secondary N) is 2. The molecule has 0 saturated heterocycles. The average Bonchev–Trinajstić information content (AvgIpc) is 2.74. The van der Waals surface area contributed by atoms with Crippen LogP contribution in [0.4, 0.5) is 13.2 Å². The molecule has 0 aliphatic heterocycles. The number of nitrogens with zero attached hydrogens (tertiary/aromatic N) is 2. The number of benzene rings is 1. The van der Waals surface area contributed by atoms with Crippen molar-refractivity contribution in [2.75, 3.05) is 5.43 Å². The van der Waals surface area contributed by atoms with E-state index in [1.165, 1.54) is 18.5 Å². The lowest BCUT2D eigenvalue weighted by atomic mass is 10.2. The Morgan fingerprint density at radius 1 is 1.35 bits per heavy atom. The minimum atomic E-state index is -4.77. The number of carbonyl (C=O) groups excluding carboxylic acids is 1. The molecule has 0 radical (unpaired) electrons. The van der Waals surface area contributed by atoms with Crippen LogP contribution in [0.1, 0.15) is 10.4 Å². The third kappa shape index (κ3) is 3.57. The first-order valence-corrected chi connectivity index (χ1v) is 5.55. The fraction of sp³-hybridized carbons (Fsp3) is 0.100. The van der Waals surface area contributed by atoms with Gasteiger partial charge >= 0.3 is 6.36 Å². The highest BCUT2D eigenvalue weighted by atomic mass is 32.1. The van der Waals surface area contributed by atoms with Crippen molar-refractivity contribution in [2.24, 2.45) is 0 Å². The second-order valence-corrected chi connectivity index (χ2v) is 3.93. The SMILES string of the molecule is O=C(Nn1cn[nH]c1=S)c1ccc(OC(F)(F)F)cc1. The number of carbonyl (C=O) groups is 1. The summed E-state index contributed by atoms with van der Waals surface area (Å²) in [5, 5.41) is 6.03. The standard InChI is InChI=1S/C10H7F3N4O2S/c11-10(12,13)19-7-3-1-6(2-4-7)8(18)16-17-5-14-15-9(17)20/h1-5H,(H,15,20)(H,16,18). The van der Waals surface area contributed by atoms with Crippen molar-refractivity contribution >= 4 is 18.1 Å². The molecule has 0 unspecified atom stereocenters. The van der Waals surface area contributed by atoms with Gasteiger partial charge in [-0.25, -0.2) is 4.68 Å². The van der Waals surface area contributed by atoms with Crippen molar-refractivity contribution in [1.82, 2.24) is 14.9 Å². The average molecular weight is 304 g/mol. The molecule has 1 heterocycles. The van der Waals surface area contributed by atoms with E-state index in [4.69, 9.17) is 12.2 Å². The number of hydrogen-bond acceptors (Lipinski definition) is 4. The largest absolute Gasteiger partial charge is 0.573 e. The van der Waals surface area contributed by atoms with Gasteiger partial charge in [-0.15, -0.1) is 13.2 Å². The molecule has 6 nitrogen and oxygen atoms in total. The Kier molecular flexibility index (Phi) is 3.74. The molecule has 106 valence electrons. The molecule has 2 rings (SSSR count). The molecule has 0 saturated carbocycles. The van der Waals surface area contributed by atoms with Gasteiger partial charge in [0, 0.05) is 5.56 Å². The number of aromatic amines is 1. The molecule has 2 N–H and O–H groups in total. The number of rotatable bonds is 3. The van der Waals surface area contributed by atoms with E-state index in [2.05, 4.69) is 20.4 Å². The van der Waals surface area contributed by atoms with E-state index in [-0.39, 0.29) is 10.3 Å². The molecule has 0 fully saturated rings. The molecule has 1 amide bonds. The predicted octanol–water partition coefficient (Wildman–Crippen LogP) is 2.22. The minimum Gasteiger partial charge on any atom is -0.406 e. The molecular weight excluding hydrogens is 297 g/mol. The van der Waals surface area contributed by atoms with Crippen molar-refractivity contribution in [3.05, 3.63) is 40.9 Å². The van der Waals surface area contributed by atoms with E-state index in [1.807, 2.05) is 0 Å². The highest BCUT2D eigenvalue weighted by Crippen LogP contribution is 2.22. The molecule has 20 heavy (non-hydrogen) atoms. The second-order valence-electron chi connectivity index (χ2n) is 3.54. The zero-order chi connectivity index (χ0) is 14.8. The van der Waals surface area contributed by atoms with E-state index in [9.17, 15) is 18.0 Å². The Morgan fingerprint density at radius 2 is 2.00 bits per heavy atom. The summed E-state index contributed by atoms with van der Waals surface area (Å²) in [4.78, 5) is 11.8. The van der Waals surface area contributed by atoms with E-state index < -0.39 is 18.0 Å². The first-order chi connectivity index (χ1) is 9.35. The van der Waals surface area contributed by atoms with E-state index in [0.717, 1.165) is 16.8 Å². The van der Waals surface area contributed by atoms with Crippen LogP contribution < -0.4 is 10.2 Å². The molecular formula is C10H7F3N4O2S. The van der Waals surface area contributed by atoms with Crippen LogP contribution in [0.3, 0.4) is 0 Å². The fourth-order valence-corrected chi connectivity index (χ4v) is 1.46. The zero-order valence-corrected chi connectivity index (χ0v) is 10.5. The van der Waals surface area contributed by atoms with Crippen molar-refractivity contribution in [1.29, 1.82) is 0 Å². The lowest BCUT2D eigenvalue weighted by Crippen LogP contribution is -2.22. The predicted molar refractivity (Wildman–Crippen MR) is 64.2 cm³/mol. The van der Waals surface area contributed by atoms with Crippen LogP contribution in [-0.2, 0) is 0 Å². The van der Waals surface area contributed by atoms with Gasteiger partial charge in [0.05, 0.1) is 0 Å². The van der Waals surface area contributed by atoms with E-state index in [0.29, 0.717) is 0 Å². The normalized spacial score (nSPS) is 11.2. The summed E-state index contributed by atoms with van der Waals surface area (Å²) >= 11 is 4.82. The van der Waals surface area contributed by atoms with Gasteiger partial charge in [-0.3, -0.25) is 15.3 Å². The van der Waals surface area contributed by atoms with Crippen LogP contribution >= 0.6 is 12.2 Å². The second kappa shape index (κ2) is 5.33. The third-order valence-corrected chi connectivity index (χ3v) is 2.41. The van der Waals surface area contributed by atoms with Crippen molar-refractivity contribution in [3.63, 3.8) is 0 Å². The quantitative estimate of drug-likeness (QED) is 0.853. The first-order valence-electron chi connectivity index (χ1n) is 5.14. The smallest absolute Gasteiger partial charge is 0.406 e. The number of halogens is 3. The van der Waals surface area contributed by atoms with Crippen LogP contribution in [0.15, 0.2) is 30.6 Å². The topological polar surface area (TPSA) is 71.9 Å². The number of aromatic nitrogens is 3. The number of alkyl halides is 3. The van der Waals surface area contributed by atoms with Gasteiger partial charge in [0.15, 0.2) is 0 Å². The van der Waals surface area contributed by atoms with Gasteiger partial charge in [0.2, 0.25) is 4.77 Å². The van der Waals surface area contributed by atoms with Crippen LogP contribution in [0.2, 0.25) is 0 Å². The first kappa shape index (κ1) is 14.1. The molecule has 0 atom stereocenters. The maximum atomic E-state index is 12.0. The fourth-order valence-electron chi connectivity index (χ4n) is 1.31. The molecule has 0 spiro atoms. The summed E-state index contributed by atoms with van der Waals surface area (Å²) < 4.78 is 40.9. The highest BCUT2D eigenvalue weighted by Gasteiger charge is 2.31. The summed E-state index contributed by atoms with van der Waals surface area (Å²) in [5.41, 5.74) is 2.53. The zero-order valence-electron chi connectivity index (χ0n) is 9.64. The van der Waals surface area contributed by atoms with Crippen LogP contribution in [0.25, 0.3) is 0 Å². The Bertz CT molecular complexity index is 662. The molecule has 1 aromatic heterocycles. The molecule has 0 bridgehead atoms. The van der Waals surface area contributed by atoms with Crippen LogP contribution in [0.5, 0.6) is 5.75 Å². The van der Waals surface area contributed by atoms with Gasteiger partial charge in [0.25, 0.3) is 5.91 Å². The summed E-state index contributed by atoms with van der Waals surface area (Å²) in [5.74, 6) is -0.963. The van der Waals surface area contributed by atoms with Gasteiger partial charge < -0.3 is 4.74 Å². The van der Waals surface area contributed by atoms with Gasteiger partial charge in [-0.2, -0.15) is 5.10 Å². The number of H-pyrrole nitrogens is 1. The Balaban J connectivity index is 2.08. The molecule has 0 aliphatic rings. The van der Waals surface area contributed by atoms with E-state index >= 15 is 0 Å². The van der Waals surface area contributed by atoms with Crippen LogP contribution in [0, 0.1) is 4.77 Å². The third-order valence-electron chi connectivity index (χ3n) is 2.12. The Labute approximate surface area is 115 Å². The number of ether oxygens (including phenoxy) is 1. The van der Waals surface area contributed by atoms with Gasteiger partial charge in [-0.1, -0.05) is 0 Å². The highest BCUT2D eigenvalue weighted by molar-refractivity contribution is 7.71. The van der Waals surface area contributed by atoms with Gasteiger partial charge in [0.1, 0.15) is 12.1 Å². The van der Waals surface area contributed by atoms with Crippen LogP contribution in [-0.4, -0.2) is 27.1 Å². The van der Waals surface area contributed by atoms with Crippen molar-refractivity contribution in [3.8, 4) is 5.75 Å². The summed E-state index contributed by atoms with van der Waals surface area (Å²) in [6.45, 7) is 0. The molecule has 10 heteroatoms. The van der Waals surface area contributed by atoms with E-state index in [1.54, 1.807) is 0 Å². The monoisotopic (exact) mass is 304 g/mol. The lowest BCUT2D eigenvalue weighted by molar-refractivity contribution is -0.274. The minimum absolute atomic E-state index is 0.141. The summed E-state index contributed by atoms with van der Waals surface area (Å²) in [7, 11) is 0.